The van der Waals surface area contributed by atoms with Crippen molar-refractivity contribution < 1.29 is 8.42 Å². The summed E-state index contributed by atoms with van der Waals surface area (Å²) in [4.78, 5) is 0.246. The fraction of sp³-hybridized carbons (Fsp3) is 0.273. The Balaban J connectivity index is 2.32. The fourth-order valence-corrected chi connectivity index (χ4v) is 3.45. The molecule has 0 spiro atoms. The van der Waals surface area contributed by atoms with Crippen LogP contribution in [0.25, 0.3) is 0 Å². The minimum atomic E-state index is -3.52. The van der Waals surface area contributed by atoms with Crippen molar-refractivity contribution in [2.45, 2.75) is 24.9 Å². The molecule has 0 aliphatic heterocycles. The van der Waals surface area contributed by atoms with E-state index in [1.54, 1.807) is 23.7 Å². The number of sulfonamides is 1. The van der Waals surface area contributed by atoms with Crippen molar-refractivity contribution in [1.29, 1.82) is 0 Å². The Labute approximate surface area is 110 Å². The van der Waals surface area contributed by atoms with E-state index in [4.69, 9.17) is 5.73 Å². The maximum atomic E-state index is 12.1. The van der Waals surface area contributed by atoms with Crippen molar-refractivity contribution in [3.63, 3.8) is 0 Å². The lowest BCUT2D eigenvalue weighted by Crippen LogP contribution is -2.11. The van der Waals surface area contributed by atoms with Crippen molar-refractivity contribution in [3.8, 4) is 0 Å². The summed E-state index contributed by atoms with van der Waals surface area (Å²) >= 11 is 1.44. The lowest BCUT2D eigenvalue weighted by Gasteiger charge is -2.03. The second kappa shape index (κ2) is 5.13. The summed E-state index contributed by atoms with van der Waals surface area (Å²) in [5.41, 5.74) is 6.97. The van der Waals surface area contributed by atoms with E-state index in [9.17, 15) is 8.42 Å². The van der Waals surface area contributed by atoms with Gasteiger partial charge in [0.2, 0.25) is 0 Å². The van der Waals surface area contributed by atoms with Crippen molar-refractivity contribution in [3.05, 3.63) is 34.8 Å². The van der Waals surface area contributed by atoms with Crippen molar-refractivity contribution in [2.75, 3.05) is 4.72 Å². The van der Waals surface area contributed by atoms with Gasteiger partial charge in [-0.2, -0.15) is 11.3 Å². The smallest absolute Gasteiger partial charge is 0.263 e. The normalized spacial score (nSPS) is 11.7. The van der Waals surface area contributed by atoms with Gasteiger partial charge in [0.1, 0.15) is 4.90 Å². The van der Waals surface area contributed by atoms with E-state index in [0.717, 1.165) is 5.69 Å². The highest BCUT2D eigenvalue weighted by Crippen LogP contribution is 2.20. The summed E-state index contributed by atoms with van der Waals surface area (Å²) in [6.45, 7) is 2.96. The maximum Gasteiger partial charge on any atom is 0.263 e. The van der Waals surface area contributed by atoms with Crippen LogP contribution < -0.4 is 10.5 Å². The molecular weight excluding hydrogens is 270 g/mol. The second-order valence-electron chi connectivity index (χ2n) is 3.77. The summed E-state index contributed by atoms with van der Waals surface area (Å²) in [7, 11) is -3.52. The number of hydrogen-bond acceptors (Lipinski definition) is 4. The lowest BCUT2D eigenvalue weighted by molar-refractivity contribution is 0.600. The number of hydrogen-bond donors (Lipinski definition) is 2. The van der Waals surface area contributed by atoms with E-state index < -0.39 is 10.0 Å². The molecule has 3 N–H and O–H groups in total. The Morgan fingerprint density at radius 2 is 2.28 bits per heavy atom. The van der Waals surface area contributed by atoms with E-state index in [1.165, 1.54) is 11.3 Å². The summed E-state index contributed by atoms with van der Waals surface area (Å²) in [6.07, 6.45) is 1.61. The third-order valence-corrected chi connectivity index (χ3v) is 4.63. The van der Waals surface area contributed by atoms with Gasteiger partial charge in [-0.3, -0.25) is 4.72 Å². The van der Waals surface area contributed by atoms with Gasteiger partial charge >= 0.3 is 0 Å². The predicted octanol–water partition coefficient (Wildman–Crippen LogP) is 1.83. The minimum absolute atomic E-state index is 0.246. The summed E-state index contributed by atoms with van der Waals surface area (Å²) < 4.78 is 28.6. The zero-order chi connectivity index (χ0) is 13.2. The highest BCUT2D eigenvalue weighted by Gasteiger charge is 2.17. The number of thiophene rings is 1. The van der Waals surface area contributed by atoms with Crippen LogP contribution in [0, 0.1) is 0 Å². The molecule has 98 valence electrons. The largest absolute Gasteiger partial charge is 0.349 e. The van der Waals surface area contributed by atoms with Crippen LogP contribution in [-0.4, -0.2) is 13.0 Å². The van der Waals surface area contributed by atoms with Gasteiger partial charge in [-0.05, 0) is 24.4 Å². The number of aryl methyl sites for hydroxylation is 1. The van der Waals surface area contributed by atoms with Crippen LogP contribution in [0.3, 0.4) is 0 Å². The molecule has 2 rings (SSSR count). The molecule has 0 amide bonds. The number of rotatable bonds is 5. The van der Waals surface area contributed by atoms with Gasteiger partial charge in [0.05, 0.1) is 5.69 Å². The molecule has 0 unspecified atom stereocenters. The van der Waals surface area contributed by atoms with Crippen molar-refractivity contribution in [1.82, 2.24) is 4.57 Å². The summed E-state index contributed by atoms with van der Waals surface area (Å²) in [6, 6.07) is 3.33. The van der Waals surface area contributed by atoms with E-state index in [2.05, 4.69) is 4.72 Å². The third kappa shape index (κ3) is 2.58. The highest BCUT2D eigenvalue weighted by atomic mass is 32.2. The van der Waals surface area contributed by atoms with Crippen LogP contribution in [0.5, 0.6) is 0 Å². The monoisotopic (exact) mass is 285 g/mol. The van der Waals surface area contributed by atoms with Crippen LogP contribution in [-0.2, 0) is 23.1 Å². The zero-order valence-electron chi connectivity index (χ0n) is 9.96. The van der Waals surface area contributed by atoms with Crippen molar-refractivity contribution in [2.24, 2.45) is 5.73 Å². The Bertz CT molecular complexity index is 593. The SMILES string of the molecule is CCn1cc(S(=O)(=O)Nc2ccsc2)cc1CN. The number of anilines is 1. The van der Waals surface area contributed by atoms with Crippen molar-refractivity contribution >= 4 is 27.0 Å². The molecule has 7 heteroatoms. The number of nitrogens with zero attached hydrogens (tertiary/aromatic N) is 1. The molecule has 0 aliphatic carbocycles. The summed E-state index contributed by atoms with van der Waals surface area (Å²) in [5.74, 6) is 0. The molecule has 5 nitrogen and oxygen atoms in total. The lowest BCUT2D eigenvalue weighted by atomic mass is 10.4. The van der Waals surface area contributed by atoms with Crippen LogP contribution in [0.1, 0.15) is 12.6 Å². The number of aromatic nitrogens is 1. The van der Waals surface area contributed by atoms with Crippen LogP contribution in [0.2, 0.25) is 0 Å². The molecule has 18 heavy (non-hydrogen) atoms. The zero-order valence-corrected chi connectivity index (χ0v) is 11.6. The Hall–Kier alpha value is -1.31. The average Bonchev–Trinajstić information content (AvgIpc) is 2.96. The van der Waals surface area contributed by atoms with E-state index in [0.29, 0.717) is 18.8 Å². The molecule has 0 radical (unpaired) electrons. The maximum absolute atomic E-state index is 12.1. The molecule has 0 aliphatic rings. The van der Waals surface area contributed by atoms with Gasteiger partial charge in [0, 0.05) is 30.4 Å². The summed E-state index contributed by atoms with van der Waals surface area (Å²) in [5, 5.41) is 3.57. The third-order valence-electron chi connectivity index (χ3n) is 2.59. The van der Waals surface area contributed by atoms with Gasteiger partial charge in [-0.25, -0.2) is 8.42 Å². The van der Waals surface area contributed by atoms with E-state index in [-0.39, 0.29) is 4.90 Å². The Kier molecular flexibility index (Phi) is 3.74. The van der Waals surface area contributed by atoms with Crippen LogP contribution in [0.4, 0.5) is 5.69 Å². The van der Waals surface area contributed by atoms with Gasteiger partial charge in [0.25, 0.3) is 10.0 Å². The van der Waals surface area contributed by atoms with Gasteiger partial charge < -0.3 is 10.3 Å². The molecule has 0 saturated heterocycles. The molecule has 0 fully saturated rings. The number of nitrogens with one attached hydrogen (secondary N) is 1. The fourth-order valence-electron chi connectivity index (χ4n) is 1.68. The molecule has 2 aromatic heterocycles. The average molecular weight is 285 g/mol. The first-order valence-corrected chi connectivity index (χ1v) is 7.93. The molecule has 0 aromatic carbocycles. The molecule has 2 aromatic rings. The number of nitrogens with two attached hydrogens (primary N) is 1. The first kappa shape index (κ1) is 13.1. The van der Waals surface area contributed by atoms with Gasteiger partial charge in [-0.15, -0.1) is 0 Å². The molecule has 0 saturated carbocycles. The van der Waals surface area contributed by atoms with Crippen LogP contribution in [0.15, 0.2) is 34.0 Å². The van der Waals surface area contributed by atoms with Crippen LogP contribution >= 0.6 is 11.3 Å². The van der Waals surface area contributed by atoms with Gasteiger partial charge in [0.15, 0.2) is 0 Å². The van der Waals surface area contributed by atoms with Gasteiger partial charge in [-0.1, -0.05) is 0 Å². The second-order valence-corrected chi connectivity index (χ2v) is 6.24. The minimum Gasteiger partial charge on any atom is -0.349 e. The quantitative estimate of drug-likeness (QED) is 0.880. The molecule has 0 bridgehead atoms. The first-order chi connectivity index (χ1) is 8.56. The topological polar surface area (TPSA) is 77.1 Å². The predicted molar refractivity (Wildman–Crippen MR) is 73.1 cm³/mol. The standard InChI is InChI=1S/C11H15N3O2S2/c1-2-14-7-11(5-10(14)6-12)18(15,16)13-9-3-4-17-8-9/h3-5,7-8,13H,2,6,12H2,1H3. The molecule has 0 atom stereocenters. The molecule has 2 heterocycles. The first-order valence-electron chi connectivity index (χ1n) is 5.51. The highest BCUT2D eigenvalue weighted by molar-refractivity contribution is 7.92. The van der Waals surface area contributed by atoms with E-state index >= 15 is 0 Å². The molecular formula is C11H15N3O2S2. The Morgan fingerprint density at radius 1 is 1.50 bits per heavy atom. The van der Waals surface area contributed by atoms with E-state index in [1.807, 2.05) is 16.9 Å². The Morgan fingerprint density at radius 3 is 2.78 bits per heavy atom.